The van der Waals surface area contributed by atoms with E-state index in [1.165, 1.54) is 16.9 Å². The first kappa shape index (κ1) is 19.1. The maximum Gasteiger partial charge on any atom is 0.226 e. The standard InChI is InChI=1S/C22H22N4O2S/c1-15-19(16(2)26(25-15)13-17-7-4-3-5-8-17)12-23-21(27)11-18-14-29-22(24-18)20-9-6-10-28-20/h3-10,14H,11-13H2,1-2H3,(H,23,27). The molecule has 0 saturated carbocycles. The zero-order valence-electron chi connectivity index (χ0n) is 16.4. The van der Waals surface area contributed by atoms with Crippen LogP contribution in [0.4, 0.5) is 0 Å². The highest BCUT2D eigenvalue weighted by Gasteiger charge is 2.14. The van der Waals surface area contributed by atoms with Gasteiger partial charge in [-0.15, -0.1) is 11.3 Å². The van der Waals surface area contributed by atoms with Gasteiger partial charge in [-0.2, -0.15) is 5.10 Å². The normalized spacial score (nSPS) is 11.0. The number of benzene rings is 1. The molecule has 0 saturated heterocycles. The number of rotatable bonds is 7. The fourth-order valence-corrected chi connectivity index (χ4v) is 4.00. The Morgan fingerprint density at radius 2 is 2.00 bits per heavy atom. The predicted octanol–water partition coefficient (Wildman–Crippen LogP) is 4.12. The molecule has 29 heavy (non-hydrogen) atoms. The Kier molecular flexibility index (Phi) is 5.57. The molecule has 1 N–H and O–H groups in total. The number of aryl methyl sites for hydroxylation is 1. The van der Waals surface area contributed by atoms with Gasteiger partial charge in [-0.25, -0.2) is 4.98 Å². The van der Waals surface area contributed by atoms with Gasteiger partial charge in [0.05, 0.1) is 30.6 Å². The molecular weight excluding hydrogens is 384 g/mol. The highest BCUT2D eigenvalue weighted by atomic mass is 32.1. The molecule has 148 valence electrons. The molecule has 0 aliphatic carbocycles. The second-order valence-electron chi connectivity index (χ2n) is 6.87. The average Bonchev–Trinajstić information content (AvgIpc) is 3.44. The third-order valence-corrected chi connectivity index (χ3v) is 5.70. The molecule has 4 aromatic rings. The minimum absolute atomic E-state index is 0.0593. The fraction of sp³-hybridized carbons (Fsp3) is 0.227. The lowest BCUT2D eigenvalue weighted by molar-refractivity contribution is -0.120. The van der Waals surface area contributed by atoms with Crippen LogP contribution >= 0.6 is 11.3 Å². The molecule has 0 spiro atoms. The van der Waals surface area contributed by atoms with Crippen LogP contribution in [-0.2, 0) is 24.3 Å². The summed E-state index contributed by atoms with van der Waals surface area (Å²) in [5, 5.41) is 10.3. The SMILES string of the molecule is Cc1nn(Cc2ccccc2)c(C)c1CNC(=O)Cc1csc(-c2ccco2)n1. The Balaban J connectivity index is 1.37. The number of thiazole rings is 1. The smallest absolute Gasteiger partial charge is 0.226 e. The predicted molar refractivity (Wildman–Crippen MR) is 113 cm³/mol. The zero-order chi connectivity index (χ0) is 20.2. The summed E-state index contributed by atoms with van der Waals surface area (Å²) < 4.78 is 7.34. The van der Waals surface area contributed by atoms with Crippen LogP contribution < -0.4 is 5.32 Å². The maximum absolute atomic E-state index is 12.4. The number of nitrogens with zero attached hydrogens (tertiary/aromatic N) is 3. The molecule has 0 aliphatic heterocycles. The van der Waals surface area contributed by atoms with Crippen molar-refractivity contribution in [2.24, 2.45) is 0 Å². The minimum atomic E-state index is -0.0593. The van der Waals surface area contributed by atoms with Crippen molar-refractivity contribution in [3.8, 4) is 10.8 Å². The number of hydrogen-bond donors (Lipinski definition) is 1. The summed E-state index contributed by atoms with van der Waals surface area (Å²) in [6.07, 6.45) is 1.86. The Labute approximate surface area is 173 Å². The zero-order valence-corrected chi connectivity index (χ0v) is 17.2. The first-order valence-electron chi connectivity index (χ1n) is 9.42. The van der Waals surface area contributed by atoms with E-state index < -0.39 is 0 Å². The van der Waals surface area contributed by atoms with Crippen LogP contribution in [0.15, 0.2) is 58.5 Å². The van der Waals surface area contributed by atoms with Crippen LogP contribution in [0.3, 0.4) is 0 Å². The number of furan rings is 1. The van der Waals surface area contributed by atoms with Gasteiger partial charge >= 0.3 is 0 Å². The molecule has 0 aliphatic rings. The van der Waals surface area contributed by atoms with Crippen LogP contribution in [0, 0.1) is 13.8 Å². The van der Waals surface area contributed by atoms with Crippen molar-refractivity contribution in [3.05, 3.63) is 82.3 Å². The first-order valence-corrected chi connectivity index (χ1v) is 10.3. The van der Waals surface area contributed by atoms with Crippen molar-refractivity contribution in [3.63, 3.8) is 0 Å². The first-order chi connectivity index (χ1) is 14.1. The molecule has 0 fully saturated rings. The van der Waals surface area contributed by atoms with Crippen molar-refractivity contribution in [2.75, 3.05) is 0 Å². The summed E-state index contributed by atoms with van der Waals surface area (Å²) in [5.41, 5.74) is 5.01. The number of aromatic nitrogens is 3. The molecule has 1 amide bonds. The van der Waals surface area contributed by atoms with Crippen molar-refractivity contribution in [1.82, 2.24) is 20.1 Å². The Morgan fingerprint density at radius 3 is 2.76 bits per heavy atom. The highest BCUT2D eigenvalue weighted by molar-refractivity contribution is 7.13. The van der Waals surface area contributed by atoms with Gasteiger partial charge in [0.2, 0.25) is 5.91 Å². The molecule has 0 bridgehead atoms. The van der Waals surface area contributed by atoms with Gasteiger partial charge in [0.15, 0.2) is 10.8 Å². The lowest BCUT2D eigenvalue weighted by Crippen LogP contribution is -2.25. The van der Waals surface area contributed by atoms with Crippen LogP contribution in [0.1, 0.15) is 28.2 Å². The largest absolute Gasteiger partial charge is 0.462 e. The third kappa shape index (κ3) is 4.46. The second-order valence-corrected chi connectivity index (χ2v) is 7.73. The average molecular weight is 407 g/mol. The summed E-state index contributed by atoms with van der Waals surface area (Å²) in [4.78, 5) is 16.9. The van der Waals surface area contributed by atoms with Gasteiger partial charge in [-0.3, -0.25) is 9.48 Å². The summed E-state index contributed by atoms with van der Waals surface area (Å²) in [5.74, 6) is 0.662. The monoisotopic (exact) mass is 406 g/mol. The van der Waals surface area contributed by atoms with Crippen molar-refractivity contribution >= 4 is 17.2 Å². The fourth-order valence-electron chi connectivity index (χ4n) is 3.22. The van der Waals surface area contributed by atoms with Crippen LogP contribution in [-0.4, -0.2) is 20.7 Å². The third-order valence-electron chi connectivity index (χ3n) is 4.79. The molecule has 4 rings (SSSR count). The number of carbonyl (C=O) groups is 1. The Morgan fingerprint density at radius 1 is 1.17 bits per heavy atom. The summed E-state index contributed by atoms with van der Waals surface area (Å²) in [7, 11) is 0. The van der Waals surface area contributed by atoms with E-state index in [2.05, 4.69) is 27.5 Å². The van der Waals surface area contributed by atoms with E-state index in [0.717, 1.165) is 40.0 Å². The summed E-state index contributed by atoms with van der Waals surface area (Å²) >= 11 is 1.47. The van der Waals surface area contributed by atoms with E-state index in [4.69, 9.17) is 4.42 Å². The minimum Gasteiger partial charge on any atom is -0.462 e. The van der Waals surface area contributed by atoms with Gasteiger partial charge in [0.1, 0.15) is 0 Å². The van der Waals surface area contributed by atoms with E-state index in [0.29, 0.717) is 6.54 Å². The van der Waals surface area contributed by atoms with Crippen molar-refractivity contribution in [2.45, 2.75) is 33.4 Å². The van der Waals surface area contributed by atoms with E-state index in [1.54, 1.807) is 6.26 Å². The Bertz CT molecular complexity index is 1100. The van der Waals surface area contributed by atoms with E-state index in [-0.39, 0.29) is 12.3 Å². The number of carbonyl (C=O) groups excluding carboxylic acids is 1. The molecule has 3 aromatic heterocycles. The molecule has 3 heterocycles. The van der Waals surface area contributed by atoms with Crippen molar-refractivity contribution < 1.29 is 9.21 Å². The Hall–Kier alpha value is -3.19. The molecule has 0 unspecified atom stereocenters. The number of amides is 1. The quantitative estimate of drug-likeness (QED) is 0.501. The number of hydrogen-bond acceptors (Lipinski definition) is 5. The summed E-state index contributed by atoms with van der Waals surface area (Å²) in [6.45, 7) is 5.20. The van der Waals surface area contributed by atoms with E-state index in [9.17, 15) is 4.79 Å². The molecular formula is C22H22N4O2S. The van der Waals surface area contributed by atoms with Gasteiger partial charge < -0.3 is 9.73 Å². The van der Waals surface area contributed by atoms with Crippen LogP contribution in [0.25, 0.3) is 10.8 Å². The van der Waals surface area contributed by atoms with Gasteiger partial charge in [-0.05, 0) is 31.5 Å². The van der Waals surface area contributed by atoms with Gasteiger partial charge in [0, 0.05) is 23.2 Å². The number of nitrogens with one attached hydrogen (secondary N) is 1. The molecule has 0 atom stereocenters. The van der Waals surface area contributed by atoms with Gasteiger partial charge in [0.25, 0.3) is 0 Å². The molecule has 7 heteroatoms. The molecule has 6 nitrogen and oxygen atoms in total. The second kappa shape index (κ2) is 8.45. The molecule has 0 radical (unpaired) electrons. The lowest BCUT2D eigenvalue weighted by atomic mass is 10.2. The lowest BCUT2D eigenvalue weighted by Gasteiger charge is -2.07. The van der Waals surface area contributed by atoms with Gasteiger partial charge in [-0.1, -0.05) is 30.3 Å². The highest BCUT2D eigenvalue weighted by Crippen LogP contribution is 2.24. The topological polar surface area (TPSA) is 73.0 Å². The molecule has 1 aromatic carbocycles. The van der Waals surface area contributed by atoms with Crippen LogP contribution in [0.5, 0.6) is 0 Å². The van der Waals surface area contributed by atoms with E-state index in [1.807, 2.05) is 54.2 Å². The summed E-state index contributed by atoms with van der Waals surface area (Å²) in [6, 6.07) is 13.9. The maximum atomic E-state index is 12.4. The van der Waals surface area contributed by atoms with E-state index >= 15 is 0 Å². The van der Waals surface area contributed by atoms with Crippen molar-refractivity contribution in [1.29, 1.82) is 0 Å². The van der Waals surface area contributed by atoms with Crippen LogP contribution in [0.2, 0.25) is 0 Å².